The van der Waals surface area contributed by atoms with Crippen LogP contribution in [-0.4, -0.2) is 29.5 Å². The van der Waals surface area contributed by atoms with Gasteiger partial charge in [0.2, 0.25) is 0 Å². The first kappa shape index (κ1) is 18.9. The van der Waals surface area contributed by atoms with Crippen LogP contribution in [0.1, 0.15) is 35.1 Å². The van der Waals surface area contributed by atoms with Gasteiger partial charge in [-0.05, 0) is 55.2 Å². The number of hydrogen-bond donors (Lipinski definition) is 2. The van der Waals surface area contributed by atoms with E-state index in [1.165, 1.54) is 11.1 Å². The number of benzene rings is 1. The van der Waals surface area contributed by atoms with Crippen LogP contribution in [0.2, 0.25) is 0 Å². The molecule has 158 valence electrons. The summed E-state index contributed by atoms with van der Waals surface area (Å²) in [4.78, 5) is 17.5. The lowest BCUT2D eigenvalue weighted by atomic mass is 10.1. The molecule has 7 nitrogen and oxygen atoms in total. The third kappa shape index (κ3) is 3.36. The van der Waals surface area contributed by atoms with E-state index < -0.39 is 0 Å². The van der Waals surface area contributed by atoms with Gasteiger partial charge >= 0.3 is 0 Å². The van der Waals surface area contributed by atoms with Crippen LogP contribution in [0.25, 0.3) is 28.3 Å². The zero-order valence-corrected chi connectivity index (χ0v) is 17.8. The first-order chi connectivity index (χ1) is 15.7. The Morgan fingerprint density at radius 2 is 2.00 bits per heavy atom. The third-order valence-corrected chi connectivity index (χ3v) is 6.10. The first-order valence-electron chi connectivity index (χ1n) is 10.9. The molecule has 0 amide bonds. The zero-order valence-electron chi connectivity index (χ0n) is 17.8. The van der Waals surface area contributed by atoms with E-state index in [4.69, 9.17) is 9.97 Å². The van der Waals surface area contributed by atoms with Crippen molar-refractivity contribution in [3.05, 3.63) is 89.8 Å². The molecule has 0 radical (unpaired) electrons. The van der Waals surface area contributed by atoms with Gasteiger partial charge in [-0.1, -0.05) is 30.3 Å². The van der Waals surface area contributed by atoms with Crippen LogP contribution in [0.4, 0.5) is 0 Å². The minimum atomic E-state index is 0.354. The molecule has 0 spiro atoms. The number of aromatic amines is 1. The Morgan fingerprint density at radius 3 is 2.94 bits per heavy atom. The molecule has 2 N–H and O–H groups in total. The van der Waals surface area contributed by atoms with Crippen molar-refractivity contribution in [2.24, 2.45) is 0 Å². The molecule has 0 fully saturated rings. The quantitative estimate of drug-likeness (QED) is 0.443. The molecular weight excluding hydrogens is 398 g/mol. The maximum absolute atomic E-state index is 4.96. The SMILES string of the molecule is Cc1cccc(-c2nc(CNC3CCc4ccccc43)[nH]c2-c2ccc3ncnn3c2)n1. The second-order valence-electron chi connectivity index (χ2n) is 8.22. The van der Waals surface area contributed by atoms with E-state index in [0.717, 1.165) is 52.7 Å². The second kappa shape index (κ2) is 7.69. The fraction of sp³-hybridized carbons (Fsp3) is 0.200. The molecule has 7 heteroatoms. The van der Waals surface area contributed by atoms with Crippen LogP contribution < -0.4 is 5.32 Å². The molecule has 6 rings (SSSR count). The highest BCUT2D eigenvalue weighted by molar-refractivity contribution is 5.77. The Bertz CT molecular complexity index is 1410. The lowest BCUT2D eigenvalue weighted by Crippen LogP contribution is -2.19. The molecule has 1 aromatic carbocycles. The summed E-state index contributed by atoms with van der Waals surface area (Å²) >= 11 is 0. The van der Waals surface area contributed by atoms with Gasteiger partial charge in [0.25, 0.3) is 0 Å². The normalized spacial score (nSPS) is 15.3. The van der Waals surface area contributed by atoms with Gasteiger partial charge in [0.15, 0.2) is 5.65 Å². The van der Waals surface area contributed by atoms with Crippen molar-refractivity contribution in [2.75, 3.05) is 0 Å². The van der Waals surface area contributed by atoms with Crippen molar-refractivity contribution in [2.45, 2.75) is 32.4 Å². The standard InChI is InChI=1S/C25H23N7/c1-16-5-4-8-21(29-16)25-24(18-10-12-23-27-15-28-32(23)14-18)30-22(31-25)13-26-20-11-9-17-6-2-3-7-19(17)20/h2-8,10,12,14-15,20,26H,9,11,13H2,1H3,(H,30,31). The minimum absolute atomic E-state index is 0.354. The Balaban J connectivity index is 1.36. The largest absolute Gasteiger partial charge is 0.340 e. The molecule has 4 aromatic heterocycles. The number of fused-ring (bicyclic) bond motifs is 2. The maximum Gasteiger partial charge on any atom is 0.155 e. The molecule has 0 saturated carbocycles. The molecule has 4 heterocycles. The van der Waals surface area contributed by atoms with E-state index in [0.29, 0.717) is 12.6 Å². The fourth-order valence-corrected chi connectivity index (χ4v) is 4.53. The van der Waals surface area contributed by atoms with Crippen LogP contribution in [-0.2, 0) is 13.0 Å². The summed E-state index contributed by atoms with van der Waals surface area (Å²) in [6.07, 6.45) is 5.76. The Labute approximate surface area is 185 Å². The molecule has 1 unspecified atom stereocenters. The minimum Gasteiger partial charge on any atom is -0.340 e. The van der Waals surface area contributed by atoms with E-state index >= 15 is 0 Å². The van der Waals surface area contributed by atoms with Crippen molar-refractivity contribution in [3.8, 4) is 22.6 Å². The van der Waals surface area contributed by atoms with Crippen molar-refractivity contribution in [3.63, 3.8) is 0 Å². The molecular formula is C25H23N7. The Hall–Kier alpha value is -3.84. The Kier molecular flexibility index (Phi) is 4.54. The monoisotopic (exact) mass is 421 g/mol. The van der Waals surface area contributed by atoms with Crippen LogP contribution >= 0.6 is 0 Å². The van der Waals surface area contributed by atoms with Crippen molar-refractivity contribution in [1.29, 1.82) is 0 Å². The van der Waals surface area contributed by atoms with Crippen LogP contribution in [0.15, 0.2) is 67.1 Å². The molecule has 0 saturated heterocycles. The summed E-state index contributed by atoms with van der Waals surface area (Å²) < 4.78 is 1.77. The number of hydrogen-bond acceptors (Lipinski definition) is 5. The predicted molar refractivity (Wildman–Crippen MR) is 123 cm³/mol. The average molecular weight is 422 g/mol. The van der Waals surface area contributed by atoms with Gasteiger partial charge in [-0.15, -0.1) is 0 Å². The molecule has 1 atom stereocenters. The van der Waals surface area contributed by atoms with Crippen molar-refractivity contribution < 1.29 is 0 Å². The molecule has 0 bridgehead atoms. The van der Waals surface area contributed by atoms with Crippen molar-refractivity contribution >= 4 is 5.65 Å². The highest BCUT2D eigenvalue weighted by atomic mass is 15.3. The Morgan fingerprint density at radius 1 is 1.06 bits per heavy atom. The third-order valence-electron chi connectivity index (χ3n) is 6.10. The molecule has 32 heavy (non-hydrogen) atoms. The van der Waals surface area contributed by atoms with E-state index in [-0.39, 0.29) is 0 Å². The van der Waals surface area contributed by atoms with Gasteiger partial charge in [0.1, 0.15) is 17.8 Å². The van der Waals surface area contributed by atoms with Crippen LogP contribution in [0.3, 0.4) is 0 Å². The van der Waals surface area contributed by atoms with E-state index in [2.05, 4.69) is 44.6 Å². The smallest absolute Gasteiger partial charge is 0.155 e. The zero-order chi connectivity index (χ0) is 21.5. The maximum atomic E-state index is 4.96. The van der Waals surface area contributed by atoms with Crippen LogP contribution in [0, 0.1) is 6.92 Å². The number of rotatable bonds is 5. The lowest BCUT2D eigenvalue weighted by Gasteiger charge is -2.12. The number of pyridine rings is 2. The van der Waals surface area contributed by atoms with Gasteiger partial charge in [-0.3, -0.25) is 4.98 Å². The van der Waals surface area contributed by atoms with Gasteiger partial charge < -0.3 is 10.3 Å². The van der Waals surface area contributed by atoms with Crippen LogP contribution in [0.5, 0.6) is 0 Å². The molecule has 5 aromatic rings. The topological polar surface area (TPSA) is 83.8 Å². The van der Waals surface area contributed by atoms with Gasteiger partial charge in [-0.25, -0.2) is 14.5 Å². The van der Waals surface area contributed by atoms with Gasteiger partial charge in [0.05, 0.1) is 17.9 Å². The van der Waals surface area contributed by atoms with E-state index in [1.54, 1.807) is 10.8 Å². The summed E-state index contributed by atoms with van der Waals surface area (Å²) in [6, 6.07) is 19.1. The fourth-order valence-electron chi connectivity index (χ4n) is 4.53. The highest BCUT2D eigenvalue weighted by Gasteiger charge is 2.22. The van der Waals surface area contributed by atoms with E-state index in [1.807, 2.05) is 43.5 Å². The van der Waals surface area contributed by atoms with E-state index in [9.17, 15) is 0 Å². The van der Waals surface area contributed by atoms with Gasteiger partial charge in [0, 0.05) is 23.5 Å². The molecule has 0 aliphatic heterocycles. The average Bonchev–Trinajstić information content (AvgIpc) is 3.55. The summed E-state index contributed by atoms with van der Waals surface area (Å²) in [5.74, 6) is 0.890. The number of nitrogens with zero attached hydrogens (tertiary/aromatic N) is 5. The number of aromatic nitrogens is 6. The van der Waals surface area contributed by atoms with Gasteiger partial charge in [-0.2, -0.15) is 5.10 Å². The number of nitrogens with one attached hydrogen (secondary N) is 2. The molecule has 1 aliphatic rings. The second-order valence-corrected chi connectivity index (χ2v) is 8.22. The predicted octanol–water partition coefficient (Wildman–Crippen LogP) is 4.27. The summed E-state index contributed by atoms with van der Waals surface area (Å²) in [5.41, 5.74) is 8.24. The number of imidazole rings is 1. The van der Waals surface area contributed by atoms with Crippen molar-refractivity contribution in [1.82, 2.24) is 34.9 Å². The summed E-state index contributed by atoms with van der Waals surface area (Å²) in [6.45, 7) is 2.65. The summed E-state index contributed by atoms with van der Waals surface area (Å²) in [5, 5.41) is 7.97. The number of aryl methyl sites for hydroxylation is 2. The lowest BCUT2D eigenvalue weighted by molar-refractivity contribution is 0.521. The summed E-state index contributed by atoms with van der Waals surface area (Å²) in [7, 11) is 0. The number of H-pyrrole nitrogens is 1. The first-order valence-corrected chi connectivity index (χ1v) is 10.9. The highest BCUT2D eigenvalue weighted by Crippen LogP contribution is 2.32. The molecule has 1 aliphatic carbocycles.